The normalized spacial score (nSPS) is 12.5. The van der Waals surface area contributed by atoms with Gasteiger partial charge in [0.2, 0.25) is 12.7 Å². The van der Waals surface area contributed by atoms with E-state index in [0.717, 1.165) is 27.7 Å². The van der Waals surface area contributed by atoms with E-state index in [9.17, 15) is 0 Å². The second-order valence-corrected chi connectivity index (χ2v) is 8.24. The highest BCUT2D eigenvalue weighted by atomic mass is 35.5. The number of halogens is 2. The Balaban J connectivity index is 1.33. The summed E-state index contributed by atoms with van der Waals surface area (Å²) in [4.78, 5) is 0.964. The molecule has 26 heavy (non-hydrogen) atoms. The molecule has 0 radical (unpaired) electrons. The first-order chi connectivity index (χ1) is 12.7. The molecule has 0 atom stereocenters. The molecule has 0 spiro atoms. The van der Waals surface area contributed by atoms with Crippen LogP contribution >= 0.6 is 46.7 Å². The zero-order chi connectivity index (χ0) is 17.9. The second kappa shape index (κ2) is 8.00. The van der Waals surface area contributed by atoms with Gasteiger partial charge in [0, 0.05) is 27.0 Å². The lowest BCUT2D eigenvalue weighted by Crippen LogP contribution is -1.92. The van der Waals surface area contributed by atoms with E-state index in [1.54, 1.807) is 23.9 Å². The molecule has 4 rings (SSSR count). The molecule has 9 heteroatoms. The van der Waals surface area contributed by atoms with E-state index >= 15 is 0 Å². The molecule has 0 bridgehead atoms. The molecule has 134 valence electrons. The summed E-state index contributed by atoms with van der Waals surface area (Å²) in [5, 5.41) is 10.1. The maximum absolute atomic E-state index is 6.16. The summed E-state index contributed by atoms with van der Waals surface area (Å²) in [6, 6.07) is 11.0. The van der Waals surface area contributed by atoms with Crippen LogP contribution in [-0.2, 0) is 0 Å². The van der Waals surface area contributed by atoms with Crippen LogP contribution in [0.15, 0.2) is 50.9 Å². The average molecular weight is 427 g/mol. The lowest BCUT2D eigenvalue weighted by atomic mass is 10.2. The fourth-order valence-corrected chi connectivity index (χ4v) is 4.51. The predicted molar refractivity (Wildman–Crippen MR) is 104 cm³/mol. The molecule has 1 aliphatic heterocycles. The van der Waals surface area contributed by atoms with Gasteiger partial charge in [-0.2, -0.15) is 0 Å². The molecule has 0 amide bonds. The van der Waals surface area contributed by atoms with E-state index in [1.165, 1.54) is 11.8 Å². The molecular formula is C17H12Cl2N2O3S2. The van der Waals surface area contributed by atoms with Crippen LogP contribution in [0.2, 0.25) is 10.0 Å². The maximum Gasteiger partial charge on any atom is 0.276 e. The molecule has 5 nitrogen and oxygen atoms in total. The van der Waals surface area contributed by atoms with Gasteiger partial charge in [0.05, 0.1) is 5.02 Å². The number of benzene rings is 2. The largest absolute Gasteiger partial charge is 0.454 e. The molecule has 0 aliphatic carbocycles. The van der Waals surface area contributed by atoms with Crippen molar-refractivity contribution in [3.8, 4) is 23.0 Å². The van der Waals surface area contributed by atoms with Crippen molar-refractivity contribution in [3.05, 3.63) is 46.4 Å². The minimum atomic E-state index is 0.234. The number of aromatic nitrogens is 2. The van der Waals surface area contributed by atoms with E-state index in [-0.39, 0.29) is 6.79 Å². The number of thioether (sulfide) groups is 2. The molecule has 0 fully saturated rings. The van der Waals surface area contributed by atoms with Gasteiger partial charge < -0.3 is 13.9 Å². The Labute approximate surface area is 168 Å². The van der Waals surface area contributed by atoms with Crippen molar-refractivity contribution in [2.45, 2.75) is 10.1 Å². The maximum atomic E-state index is 6.16. The number of ether oxygens (including phenoxy) is 2. The first-order valence-corrected chi connectivity index (χ1v) is 10.4. The first-order valence-electron chi connectivity index (χ1n) is 7.63. The Hall–Kier alpha value is -1.54. The Bertz CT molecular complexity index is 936. The van der Waals surface area contributed by atoms with Crippen LogP contribution in [0, 0.1) is 0 Å². The van der Waals surface area contributed by atoms with Gasteiger partial charge in [-0.3, -0.25) is 0 Å². The predicted octanol–water partition coefficient (Wildman–Crippen LogP) is 5.66. The zero-order valence-corrected chi connectivity index (χ0v) is 16.4. The van der Waals surface area contributed by atoms with E-state index in [0.29, 0.717) is 26.9 Å². The van der Waals surface area contributed by atoms with Crippen molar-refractivity contribution in [2.75, 3.05) is 18.3 Å². The van der Waals surface area contributed by atoms with E-state index in [4.69, 9.17) is 37.1 Å². The summed E-state index contributed by atoms with van der Waals surface area (Å²) >= 11 is 15.3. The van der Waals surface area contributed by atoms with E-state index in [2.05, 4.69) is 10.2 Å². The third kappa shape index (κ3) is 4.06. The smallest absolute Gasteiger partial charge is 0.276 e. The van der Waals surface area contributed by atoms with Crippen LogP contribution in [0.1, 0.15) is 0 Å². The van der Waals surface area contributed by atoms with E-state index in [1.807, 2.05) is 24.3 Å². The van der Waals surface area contributed by atoms with Crippen LogP contribution in [0.5, 0.6) is 11.5 Å². The Kier molecular flexibility index (Phi) is 5.49. The van der Waals surface area contributed by atoms with Crippen LogP contribution in [-0.4, -0.2) is 28.5 Å². The number of fused-ring (bicyclic) bond motifs is 1. The molecule has 0 unspecified atom stereocenters. The standard InChI is InChI=1S/C17H12Cl2N2O3S2/c18-11-2-3-12(19)15(8-11)25-5-6-26-17-21-20-16(24-17)10-1-4-13-14(7-10)23-9-22-13/h1-4,7-8H,5-6,9H2. The summed E-state index contributed by atoms with van der Waals surface area (Å²) < 4.78 is 16.4. The summed E-state index contributed by atoms with van der Waals surface area (Å²) in [5.41, 5.74) is 0.800. The molecule has 3 aromatic rings. The van der Waals surface area contributed by atoms with Gasteiger partial charge in [0.25, 0.3) is 5.22 Å². The molecule has 1 aromatic heterocycles. The monoisotopic (exact) mass is 426 g/mol. The van der Waals surface area contributed by atoms with Gasteiger partial charge in [0.1, 0.15) is 0 Å². The summed E-state index contributed by atoms with van der Waals surface area (Å²) in [6.45, 7) is 0.234. The molecule has 2 aromatic carbocycles. The van der Waals surface area contributed by atoms with Crippen molar-refractivity contribution < 1.29 is 13.9 Å². The number of hydrogen-bond donors (Lipinski definition) is 0. The van der Waals surface area contributed by atoms with Crippen molar-refractivity contribution in [1.82, 2.24) is 10.2 Å². The Morgan fingerprint density at radius 1 is 0.923 bits per heavy atom. The van der Waals surface area contributed by atoms with Crippen LogP contribution in [0.25, 0.3) is 11.5 Å². The quantitative estimate of drug-likeness (QED) is 0.372. The molecule has 0 saturated heterocycles. The Morgan fingerprint density at radius 3 is 2.69 bits per heavy atom. The lowest BCUT2D eigenvalue weighted by Gasteiger charge is -2.03. The Morgan fingerprint density at radius 2 is 1.77 bits per heavy atom. The van der Waals surface area contributed by atoms with Crippen molar-refractivity contribution in [1.29, 1.82) is 0 Å². The first kappa shape index (κ1) is 17.9. The second-order valence-electron chi connectivity index (χ2n) is 5.21. The molecule has 0 N–H and O–H groups in total. The third-order valence-corrected chi connectivity index (χ3v) is 6.30. The van der Waals surface area contributed by atoms with Crippen LogP contribution < -0.4 is 9.47 Å². The van der Waals surface area contributed by atoms with Gasteiger partial charge in [-0.25, -0.2) is 0 Å². The van der Waals surface area contributed by atoms with Gasteiger partial charge in [-0.05, 0) is 36.4 Å². The molecule has 0 saturated carbocycles. The van der Waals surface area contributed by atoms with Gasteiger partial charge in [0.15, 0.2) is 11.5 Å². The van der Waals surface area contributed by atoms with Crippen LogP contribution in [0.4, 0.5) is 0 Å². The van der Waals surface area contributed by atoms with Crippen molar-refractivity contribution >= 4 is 46.7 Å². The fourth-order valence-electron chi connectivity index (χ4n) is 2.28. The molecule has 1 aliphatic rings. The summed E-state index contributed by atoms with van der Waals surface area (Å²) in [5.74, 6) is 3.50. The minimum absolute atomic E-state index is 0.234. The molecule has 2 heterocycles. The highest BCUT2D eigenvalue weighted by molar-refractivity contribution is 8.02. The SMILES string of the molecule is Clc1ccc(Cl)c(SCCSc2nnc(-c3ccc4c(c3)OCO4)o2)c1. The number of nitrogens with zero attached hydrogens (tertiary/aromatic N) is 2. The van der Waals surface area contributed by atoms with Crippen molar-refractivity contribution in [2.24, 2.45) is 0 Å². The summed E-state index contributed by atoms with van der Waals surface area (Å²) in [7, 11) is 0. The number of rotatable bonds is 6. The topological polar surface area (TPSA) is 57.4 Å². The van der Waals surface area contributed by atoms with Crippen molar-refractivity contribution in [3.63, 3.8) is 0 Å². The zero-order valence-electron chi connectivity index (χ0n) is 13.3. The van der Waals surface area contributed by atoms with Gasteiger partial charge >= 0.3 is 0 Å². The van der Waals surface area contributed by atoms with Gasteiger partial charge in [-0.1, -0.05) is 35.0 Å². The highest BCUT2D eigenvalue weighted by Gasteiger charge is 2.16. The highest BCUT2D eigenvalue weighted by Crippen LogP contribution is 2.36. The minimum Gasteiger partial charge on any atom is -0.454 e. The number of hydrogen-bond acceptors (Lipinski definition) is 7. The summed E-state index contributed by atoms with van der Waals surface area (Å²) in [6.07, 6.45) is 0. The third-order valence-electron chi connectivity index (χ3n) is 3.49. The lowest BCUT2D eigenvalue weighted by molar-refractivity contribution is 0.174. The average Bonchev–Trinajstić information content (AvgIpc) is 3.30. The van der Waals surface area contributed by atoms with Gasteiger partial charge in [-0.15, -0.1) is 22.0 Å². The van der Waals surface area contributed by atoms with Crippen LogP contribution in [0.3, 0.4) is 0 Å². The molecular weight excluding hydrogens is 415 g/mol. The van der Waals surface area contributed by atoms with E-state index < -0.39 is 0 Å². The fraction of sp³-hybridized carbons (Fsp3) is 0.176.